The van der Waals surface area contributed by atoms with Gasteiger partial charge in [-0.05, 0) is 26.0 Å². The van der Waals surface area contributed by atoms with Crippen molar-refractivity contribution >= 4 is 10.0 Å². The van der Waals surface area contributed by atoms with Crippen molar-refractivity contribution in [3.8, 4) is 16.9 Å². The minimum Gasteiger partial charge on any atom is -0.360 e. The Kier molecular flexibility index (Phi) is 5.04. The lowest BCUT2D eigenvalue weighted by Crippen LogP contribution is -2.24. The number of sulfonamides is 1. The summed E-state index contributed by atoms with van der Waals surface area (Å²) in [5.41, 5.74) is 3.61. The number of hydrogen-bond donors (Lipinski definition) is 1. The second-order valence-corrected chi connectivity index (χ2v) is 8.33. The summed E-state index contributed by atoms with van der Waals surface area (Å²) < 4.78 is 35.0. The molecule has 0 aliphatic rings. The van der Waals surface area contributed by atoms with E-state index in [4.69, 9.17) is 9.62 Å². The van der Waals surface area contributed by atoms with E-state index in [-0.39, 0.29) is 17.2 Å². The van der Waals surface area contributed by atoms with Gasteiger partial charge in [0.25, 0.3) is 0 Å². The number of benzene rings is 2. The minimum atomic E-state index is -3.77. The van der Waals surface area contributed by atoms with Crippen molar-refractivity contribution in [2.24, 2.45) is 0 Å². The number of hydrogen-bond acceptors (Lipinski definition) is 5. The summed E-state index contributed by atoms with van der Waals surface area (Å²) in [5.74, 6) is 0.262. The molecule has 4 rings (SSSR count). The predicted molar refractivity (Wildman–Crippen MR) is 109 cm³/mol. The Morgan fingerprint density at radius 1 is 1.00 bits per heavy atom. The van der Waals surface area contributed by atoms with Gasteiger partial charge in [-0.25, -0.2) is 17.8 Å². The van der Waals surface area contributed by atoms with Crippen molar-refractivity contribution in [3.63, 3.8) is 0 Å². The first-order chi connectivity index (χ1) is 14.0. The quantitative estimate of drug-likeness (QED) is 0.526. The zero-order valence-corrected chi connectivity index (χ0v) is 16.8. The van der Waals surface area contributed by atoms with Gasteiger partial charge in [-0.15, -0.1) is 0 Å². The highest BCUT2D eigenvalue weighted by atomic mass is 32.2. The second kappa shape index (κ2) is 7.65. The van der Waals surface area contributed by atoms with Crippen LogP contribution in [-0.2, 0) is 16.6 Å². The van der Waals surface area contributed by atoms with E-state index in [0.717, 1.165) is 22.5 Å². The first-order valence-electron chi connectivity index (χ1n) is 9.07. The van der Waals surface area contributed by atoms with Gasteiger partial charge in [-0.2, -0.15) is 5.10 Å². The lowest BCUT2D eigenvalue weighted by Gasteiger charge is -2.06. The number of aryl methyl sites for hydroxylation is 2. The zero-order chi connectivity index (χ0) is 20.4. The zero-order valence-electron chi connectivity index (χ0n) is 16.0. The lowest BCUT2D eigenvalue weighted by molar-refractivity contribution is 0.390. The molecule has 8 heteroatoms. The maximum absolute atomic E-state index is 12.8. The molecule has 0 radical (unpaired) electrons. The normalized spacial score (nSPS) is 11.7. The molecule has 0 fully saturated rings. The van der Waals surface area contributed by atoms with Crippen molar-refractivity contribution in [2.75, 3.05) is 0 Å². The van der Waals surface area contributed by atoms with Crippen LogP contribution in [0.2, 0.25) is 0 Å². The van der Waals surface area contributed by atoms with Crippen molar-refractivity contribution < 1.29 is 12.9 Å². The summed E-state index contributed by atoms with van der Waals surface area (Å²) in [5, 5.41) is 8.44. The van der Waals surface area contributed by atoms with Gasteiger partial charge in [0.2, 0.25) is 10.0 Å². The molecule has 1 N–H and O–H groups in total. The molecule has 0 aliphatic carbocycles. The fourth-order valence-corrected chi connectivity index (χ4v) is 4.53. The number of para-hydroxylation sites is 1. The van der Waals surface area contributed by atoms with Gasteiger partial charge in [0, 0.05) is 23.9 Å². The van der Waals surface area contributed by atoms with E-state index in [1.807, 2.05) is 66.9 Å². The van der Waals surface area contributed by atoms with Crippen LogP contribution in [0.15, 0.2) is 76.3 Å². The Balaban J connectivity index is 1.70. The Morgan fingerprint density at radius 2 is 1.66 bits per heavy atom. The van der Waals surface area contributed by atoms with Gasteiger partial charge in [-0.1, -0.05) is 53.7 Å². The Morgan fingerprint density at radius 3 is 2.28 bits per heavy atom. The molecule has 7 nitrogen and oxygen atoms in total. The van der Waals surface area contributed by atoms with E-state index >= 15 is 0 Å². The average molecular weight is 408 g/mol. The highest BCUT2D eigenvalue weighted by Crippen LogP contribution is 2.25. The molecule has 0 saturated carbocycles. The van der Waals surface area contributed by atoms with Crippen molar-refractivity contribution in [1.82, 2.24) is 19.7 Å². The van der Waals surface area contributed by atoms with E-state index in [1.165, 1.54) is 0 Å². The number of aromatic nitrogens is 3. The third kappa shape index (κ3) is 3.85. The monoisotopic (exact) mass is 408 g/mol. The van der Waals surface area contributed by atoms with E-state index in [0.29, 0.717) is 5.69 Å². The SMILES string of the molecule is Cc1noc(C)c1S(=O)(=O)NCc1cn(-c2ccccc2)nc1-c1ccccc1. The van der Waals surface area contributed by atoms with Gasteiger partial charge in [-0.3, -0.25) is 0 Å². The molecule has 0 spiro atoms. The molecule has 0 aliphatic heterocycles. The van der Waals surface area contributed by atoms with E-state index < -0.39 is 10.0 Å². The third-order valence-corrected chi connectivity index (χ3v) is 6.19. The summed E-state index contributed by atoms with van der Waals surface area (Å²) in [7, 11) is -3.77. The van der Waals surface area contributed by atoms with E-state index in [1.54, 1.807) is 18.5 Å². The summed E-state index contributed by atoms with van der Waals surface area (Å²) in [6.07, 6.45) is 1.84. The molecule has 4 aromatic rings. The van der Waals surface area contributed by atoms with Crippen LogP contribution >= 0.6 is 0 Å². The van der Waals surface area contributed by atoms with Crippen LogP contribution < -0.4 is 4.72 Å². The highest BCUT2D eigenvalue weighted by molar-refractivity contribution is 7.89. The maximum Gasteiger partial charge on any atom is 0.246 e. The number of rotatable bonds is 6. The lowest BCUT2D eigenvalue weighted by atomic mass is 10.1. The molecule has 0 bridgehead atoms. The Labute approximate surface area is 169 Å². The van der Waals surface area contributed by atoms with Crippen LogP contribution in [0.5, 0.6) is 0 Å². The van der Waals surface area contributed by atoms with Gasteiger partial charge in [0.05, 0.1) is 11.4 Å². The molecule has 0 unspecified atom stereocenters. The van der Waals surface area contributed by atoms with Crippen LogP contribution in [0.4, 0.5) is 0 Å². The van der Waals surface area contributed by atoms with Crippen LogP contribution in [0, 0.1) is 13.8 Å². The van der Waals surface area contributed by atoms with Crippen LogP contribution in [0.3, 0.4) is 0 Å². The molecule has 2 aromatic heterocycles. The molecule has 0 atom stereocenters. The fraction of sp³-hybridized carbons (Fsp3) is 0.143. The van der Waals surface area contributed by atoms with Crippen LogP contribution in [-0.4, -0.2) is 23.4 Å². The molecule has 0 saturated heterocycles. The van der Waals surface area contributed by atoms with Gasteiger partial charge in [0.1, 0.15) is 10.6 Å². The third-order valence-electron chi connectivity index (χ3n) is 4.55. The Bertz CT molecular complexity index is 1210. The molecule has 0 amide bonds. The number of nitrogens with zero attached hydrogens (tertiary/aromatic N) is 3. The highest BCUT2D eigenvalue weighted by Gasteiger charge is 2.24. The minimum absolute atomic E-state index is 0.0780. The van der Waals surface area contributed by atoms with Crippen LogP contribution in [0.25, 0.3) is 16.9 Å². The average Bonchev–Trinajstić information content (AvgIpc) is 3.31. The first kappa shape index (κ1) is 19.1. The summed E-state index contributed by atoms with van der Waals surface area (Å²) in [4.78, 5) is 0.0780. The molecule has 148 valence electrons. The van der Waals surface area contributed by atoms with Gasteiger partial charge < -0.3 is 4.52 Å². The van der Waals surface area contributed by atoms with Crippen LogP contribution in [0.1, 0.15) is 17.0 Å². The smallest absolute Gasteiger partial charge is 0.246 e. The first-order valence-corrected chi connectivity index (χ1v) is 10.6. The van der Waals surface area contributed by atoms with E-state index in [9.17, 15) is 8.42 Å². The maximum atomic E-state index is 12.8. The molecule has 29 heavy (non-hydrogen) atoms. The Hall–Kier alpha value is -3.23. The van der Waals surface area contributed by atoms with Gasteiger partial charge in [0.15, 0.2) is 5.76 Å². The van der Waals surface area contributed by atoms with Crippen molar-refractivity contribution in [2.45, 2.75) is 25.3 Å². The topological polar surface area (TPSA) is 90.0 Å². The summed E-state index contributed by atoms with van der Waals surface area (Å²) in [6, 6.07) is 19.4. The molecule has 2 heterocycles. The van der Waals surface area contributed by atoms with Crippen molar-refractivity contribution in [1.29, 1.82) is 0 Å². The summed E-state index contributed by atoms with van der Waals surface area (Å²) >= 11 is 0. The standard InChI is InChI=1S/C21H20N4O3S/c1-15-21(16(2)28-24-15)29(26,27)22-13-18-14-25(19-11-7-4-8-12-19)23-20(18)17-9-5-3-6-10-17/h3-12,14,22H,13H2,1-2H3. The van der Waals surface area contributed by atoms with Crippen molar-refractivity contribution in [3.05, 3.63) is 83.9 Å². The second-order valence-electron chi connectivity index (χ2n) is 6.63. The van der Waals surface area contributed by atoms with E-state index in [2.05, 4.69) is 9.88 Å². The molecule has 2 aromatic carbocycles. The molecular formula is C21H20N4O3S. The summed E-state index contributed by atoms with van der Waals surface area (Å²) in [6.45, 7) is 3.27. The predicted octanol–water partition coefficient (Wildman–Crippen LogP) is 3.62. The number of nitrogens with one attached hydrogen (secondary N) is 1. The molecular weight excluding hydrogens is 388 g/mol. The largest absolute Gasteiger partial charge is 0.360 e. The van der Waals surface area contributed by atoms with Gasteiger partial charge >= 0.3 is 0 Å². The fourth-order valence-electron chi connectivity index (χ4n) is 3.19.